The van der Waals surface area contributed by atoms with E-state index in [0.717, 1.165) is 12.8 Å². The number of hydrogen-bond acceptors (Lipinski definition) is 4. The first kappa shape index (κ1) is 13.5. The number of nitrogens with zero attached hydrogens (tertiary/aromatic N) is 1. The van der Waals surface area contributed by atoms with Crippen LogP contribution in [0.3, 0.4) is 0 Å². The van der Waals surface area contributed by atoms with Crippen LogP contribution in [0.15, 0.2) is 0 Å². The van der Waals surface area contributed by atoms with Gasteiger partial charge in [0.1, 0.15) is 6.04 Å². The summed E-state index contributed by atoms with van der Waals surface area (Å²) in [6.07, 6.45) is 1.52. The SMILES string of the molecule is CC1(NC(=O)N2CSC[C@H]2C(=O)O)CCOCC1. The lowest BCUT2D eigenvalue weighted by Gasteiger charge is -2.36. The Labute approximate surface area is 110 Å². The number of carbonyl (C=O) groups excluding carboxylic acids is 1. The average molecular weight is 274 g/mol. The van der Waals surface area contributed by atoms with Gasteiger partial charge in [-0.3, -0.25) is 0 Å². The third kappa shape index (κ3) is 2.89. The van der Waals surface area contributed by atoms with Crippen molar-refractivity contribution in [2.75, 3.05) is 24.8 Å². The van der Waals surface area contributed by atoms with Crippen molar-refractivity contribution in [2.45, 2.75) is 31.3 Å². The molecule has 0 aromatic rings. The number of ether oxygens (including phenoxy) is 1. The molecular weight excluding hydrogens is 256 g/mol. The number of thioether (sulfide) groups is 1. The molecule has 0 aromatic heterocycles. The number of amides is 2. The highest BCUT2D eigenvalue weighted by Gasteiger charge is 2.37. The smallest absolute Gasteiger partial charge is 0.327 e. The Morgan fingerprint density at radius 1 is 1.44 bits per heavy atom. The second-order valence-electron chi connectivity index (χ2n) is 4.93. The lowest BCUT2D eigenvalue weighted by atomic mass is 9.93. The first-order valence-corrected chi connectivity index (χ1v) is 7.14. The van der Waals surface area contributed by atoms with E-state index >= 15 is 0 Å². The molecule has 0 bridgehead atoms. The van der Waals surface area contributed by atoms with Crippen molar-refractivity contribution in [1.29, 1.82) is 0 Å². The van der Waals surface area contributed by atoms with Gasteiger partial charge >= 0.3 is 12.0 Å². The summed E-state index contributed by atoms with van der Waals surface area (Å²) in [7, 11) is 0. The van der Waals surface area contributed by atoms with Crippen molar-refractivity contribution in [2.24, 2.45) is 0 Å². The fourth-order valence-electron chi connectivity index (χ4n) is 2.12. The Bertz CT molecular complexity index is 344. The summed E-state index contributed by atoms with van der Waals surface area (Å²) in [4.78, 5) is 24.6. The molecule has 2 heterocycles. The monoisotopic (exact) mass is 274 g/mol. The van der Waals surface area contributed by atoms with Gasteiger partial charge in [0, 0.05) is 24.5 Å². The Hall–Kier alpha value is -0.950. The molecule has 2 amide bonds. The van der Waals surface area contributed by atoms with Crippen LogP contribution in [0, 0.1) is 0 Å². The molecule has 1 atom stereocenters. The van der Waals surface area contributed by atoms with Gasteiger partial charge in [-0.15, -0.1) is 11.8 Å². The normalized spacial score (nSPS) is 26.9. The first-order valence-electron chi connectivity index (χ1n) is 5.99. The number of urea groups is 1. The number of nitrogens with one attached hydrogen (secondary N) is 1. The second kappa shape index (κ2) is 5.36. The van der Waals surface area contributed by atoms with Crippen LogP contribution in [-0.4, -0.2) is 58.4 Å². The molecule has 7 heteroatoms. The Morgan fingerprint density at radius 2 is 2.11 bits per heavy atom. The van der Waals surface area contributed by atoms with Crippen LogP contribution in [0.2, 0.25) is 0 Å². The Balaban J connectivity index is 1.96. The fraction of sp³-hybridized carbons (Fsp3) is 0.818. The van der Waals surface area contributed by atoms with E-state index in [4.69, 9.17) is 9.84 Å². The minimum atomic E-state index is -0.938. The molecule has 0 aliphatic carbocycles. The van der Waals surface area contributed by atoms with Crippen molar-refractivity contribution in [3.8, 4) is 0 Å². The van der Waals surface area contributed by atoms with E-state index in [-0.39, 0.29) is 11.6 Å². The third-order valence-corrected chi connectivity index (χ3v) is 4.45. The maximum absolute atomic E-state index is 12.1. The third-order valence-electron chi connectivity index (χ3n) is 3.43. The molecule has 2 aliphatic heterocycles. The van der Waals surface area contributed by atoms with Crippen LogP contribution >= 0.6 is 11.8 Å². The summed E-state index contributed by atoms with van der Waals surface area (Å²) in [5, 5.41) is 12.0. The largest absolute Gasteiger partial charge is 0.480 e. The van der Waals surface area contributed by atoms with Crippen LogP contribution in [-0.2, 0) is 9.53 Å². The number of carbonyl (C=O) groups is 2. The molecule has 0 spiro atoms. The Kier molecular flexibility index (Phi) is 4.01. The predicted octanol–water partition coefficient (Wildman–Crippen LogP) is 0.725. The Morgan fingerprint density at radius 3 is 2.72 bits per heavy atom. The standard InChI is InChI=1S/C11H18N2O4S/c1-11(2-4-17-5-3-11)12-10(16)13-7-18-6-8(13)9(14)15/h8H,2-7H2,1H3,(H,12,16)(H,14,15)/t8-/m0/s1. The molecule has 0 aromatic carbocycles. The lowest BCUT2D eigenvalue weighted by molar-refractivity contribution is -0.140. The van der Waals surface area contributed by atoms with Crippen molar-refractivity contribution in [3.05, 3.63) is 0 Å². The summed E-state index contributed by atoms with van der Waals surface area (Å²) in [5.74, 6) is -0.0370. The van der Waals surface area contributed by atoms with E-state index in [1.165, 1.54) is 16.7 Å². The van der Waals surface area contributed by atoms with E-state index < -0.39 is 12.0 Å². The van der Waals surface area contributed by atoms with E-state index in [9.17, 15) is 9.59 Å². The van der Waals surface area contributed by atoms with Crippen molar-refractivity contribution in [3.63, 3.8) is 0 Å². The van der Waals surface area contributed by atoms with E-state index in [0.29, 0.717) is 24.8 Å². The van der Waals surface area contributed by atoms with E-state index in [1.807, 2.05) is 6.92 Å². The topological polar surface area (TPSA) is 78.9 Å². The second-order valence-corrected chi connectivity index (χ2v) is 5.93. The van der Waals surface area contributed by atoms with Crippen molar-refractivity contribution in [1.82, 2.24) is 10.2 Å². The highest BCUT2D eigenvalue weighted by molar-refractivity contribution is 7.99. The molecule has 18 heavy (non-hydrogen) atoms. The highest BCUT2D eigenvalue weighted by Crippen LogP contribution is 2.24. The van der Waals surface area contributed by atoms with Crippen molar-refractivity contribution < 1.29 is 19.4 Å². The zero-order valence-electron chi connectivity index (χ0n) is 10.3. The number of aliphatic carboxylic acids is 1. The molecule has 2 N–H and O–H groups in total. The van der Waals surface area contributed by atoms with Crippen molar-refractivity contribution >= 4 is 23.8 Å². The summed E-state index contributed by atoms with van der Waals surface area (Å²) in [5.41, 5.74) is -0.286. The van der Waals surface area contributed by atoms with Gasteiger partial charge in [0.05, 0.1) is 5.88 Å². The van der Waals surface area contributed by atoms with Gasteiger partial charge in [0.25, 0.3) is 0 Å². The summed E-state index contributed by atoms with van der Waals surface area (Å²) >= 11 is 1.47. The molecular formula is C11H18N2O4S. The van der Waals surface area contributed by atoms with Crippen LogP contribution in [0.5, 0.6) is 0 Å². The minimum Gasteiger partial charge on any atom is -0.480 e. The molecule has 0 unspecified atom stereocenters. The number of carboxylic acids is 1. The molecule has 2 aliphatic rings. The molecule has 0 radical (unpaired) electrons. The summed E-state index contributed by atoms with van der Waals surface area (Å²) in [6.45, 7) is 3.24. The van der Waals surface area contributed by atoms with Gasteiger partial charge in [-0.25, -0.2) is 9.59 Å². The predicted molar refractivity (Wildman–Crippen MR) is 67.6 cm³/mol. The fourth-order valence-corrected chi connectivity index (χ4v) is 3.27. The van der Waals surface area contributed by atoms with Gasteiger partial charge in [-0.2, -0.15) is 0 Å². The van der Waals surface area contributed by atoms with Gasteiger partial charge < -0.3 is 20.1 Å². The van der Waals surface area contributed by atoms with Gasteiger partial charge in [-0.05, 0) is 19.8 Å². The average Bonchev–Trinajstić information content (AvgIpc) is 2.78. The maximum Gasteiger partial charge on any atom is 0.327 e. The minimum absolute atomic E-state index is 0.281. The van der Waals surface area contributed by atoms with E-state index in [2.05, 4.69) is 5.32 Å². The van der Waals surface area contributed by atoms with Crippen LogP contribution in [0.4, 0.5) is 4.79 Å². The summed E-state index contributed by atoms with van der Waals surface area (Å²) in [6, 6.07) is -0.991. The molecule has 6 nitrogen and oxygen atoms in total. The van der Waals surface area contributed by atoms with Crippen LogP contribution in [0.1, 0.15) is 19.8 Å². The lowest BCUT2D eigenvalue weighted by Crippen LogP contribution is -2.56. The quantitative estimate of drug-likeness (QED) is 0.776. The van der Waals surface area contributed by atoms with Gasteiger partial charge in [0.2, 0.25) is 0 Å². The van der Waals surface area contributed by atoms with Gasteiger partial charge in [-0.1, -0.05) is 0 Å². The number of hydrogen-bond donors (Lipinski definition) is 2. The molecule has 2 fully saturated rings. The highest BCUT2D eigenvalue weighted by atomic mass is 32.2. The molecule has 2 saturated heterocycles. The summed E-state index contributed by atoms with van der Waals surface area (Å²) < 4.78 is 5.27. The molecule has 0 saturated carbocycles. The molecule has 102 valence electrons. The maximum atomic E-state index is 12.1. The van der Waals surface area contributed by atoms with E-state index in [1.54, 1.807) is 0 Å². The number of rotatable bonds is 2. The van der Waals surface area contributed by atoms with Crippen LogP contribution < -0.4 is 5.32 Å². The zero-order chi connectivity index (χ0) is 13.2. The molecule has 2 rings (SSSR count). The number of carboxylic acid groups (broad SMARTS) is 1. The van der Waals surface area contributed by atoms with Gasteiger partial charge in [0.15, 0.2) is 0 Å². The first-order chi connectivity index (χ1) is 8.52. The zero-order valence-corrected chi connectivity index (χ0v) is 11.2. The van der Waals surface area contributed by atoms with Crippen LogP contribution in [0.25, 0.3) is 0 Å².